The molecular formula is C20H24F3N3O2. The summed E-state index contributed by atoms with van der Waals surface area (Å²) in [6.45, 7) is 3.03. The largest absolute Gasteiger partial charge is 0.489 e. The van der Waals surface area contributed by atoms with Gasteiger partial charge in [0.25, 0.3) is 0 Å². The van der Waals surface area contributed by atoms with Crippen molar-refractivity contribution >= 4 is 0 Å². The molecule has 28 heavy (non-hydrogen) atoms. The monoisotopic (exact) mass is 395 g/mol. The van der Waals surface area contributed by atoms with Crippen molar-refractivity contribution in [3.8, 4) is 17.1 Å². The van der Waals surface area contributed by atoms with Gasteiger partial charge in [-0.25, -0.2) is 0 Å². The van der Waals surface area contributed by atoms with Gasteiger partial charge in [-0.15, -0.1) is 0 Å². The Labute approximate surface area is 162 Å². The molecule has 0 saturated carbocycles. The summed E-state index contributed by atoms with van der Waals surface area (Å²) in [7, 11) is 0. The molecule has 5 nitrogen and oxygen atoms in total. The lowest BCUT2D eigenvalue weighted by Gasteiger charge is -2.14. The van der Waals surface area contributed by atoms with E-state index in [4.69, 9.17) is 9.26 Å². The fourth-order valence-electron chi connectivity index (χ4n) is 3.05. The molecular weight excluding hydrogens is 371 g/mol. The summed E-state index contributed by atoms with van der Waals surface area (Å²) in [5.41, 5.74) is -0.608. The molecule has 1 saturated heterocycles. The second-order valence-electron chi connectivity index (χ2n) is 6.74. The lowest BCUT2D eigenvalue weighted by molar-refractivity contribution is -0.138. The average Bonchev–Trinajstić information content (AvgIpc) is 3.35. The molecule has 1 fully saturated rings. The molecule has 0 spiro atoms. The predicted octanol–water partition coefficient (Wildman–Crippen LogP) is 5.31. The molecule has 0 aliphatic carbocycles. The molecule has 1 N–H and O–H groups in total. The number of ether oxygens (including phenoxy) is 1. The molecule has 0 unspecified atom stereocenters. The second kappa shape index (κ2) is 9.23. The number of halogens is 3. The van der Waals surface area contributed by atoms with E-state index in [2.05, 4.69) is 22.4 Å². The summed E-state index contributed by atoms with van der Waals surface area (Å²) in [5.74, 6) is 0.330. The number of hydrogen-bond donors (Lipinski definition) is 1. The van der Waals surface area contributed by atoms with Crippen molar-refractivity contribution < 1.29 is 22.4 Å². The minimum absolute atomic E-state index is 0.0366. The van der Waals surface area contributed by atoms with Crippen LogP contribution in [0.4, 0.5) is 13.2 Å². The normalized spacial score (nSPS) is 17.5. The molecule has 1 aromatic carbocycles. The lowest BCUT2D eigenvalue weighted by atomic mass is 10.1. The zero-order valence-corrected chi connectivity index (χ0v) is 15.8. The number of nitrogens with zero attached hydrogens (tertiary/aromatic N) is 2. The van der Waals surface area contributed by atoms with Crippen molar-refractivity contribution in [1.82, 2.24) is 15.5 Å². The maximum atomic E-state index is 13.5. The zero-order chi connectivity index (χ0) is 20.0. The SMILES string of the molecule is CCCC/C=C/COc1ccc(-c2noc([C@@H]3CCCN3)n2)cc1C(F)(F)F. The van der Waals surface area contributed by atoms with Crippen molar-refractivity contribution in [2.45, 2.75) is 51.2 Å². The van der Waals surface area contributed by atoms with Crippen molar-refractivity contribution in [2.24, 2.45) is 0 Å². The molecule has 1 aromatic heterocycles. The van der Waals surface area contributed by atoms with Crippen LogP contribution in [0.25, 0.3) is 11.4 Å². The molecule has 0 radical (unpaired) electrons. The summed E-state index contributed by atoms with van der Waals surface area (Å²) < 4.78 is 51.1. The van der Waals surface area contributed by atoms with Crippen LogP contribution >= 0.6 is 0 Å². The highest BCUT2D eigenvalue weighted by atomic mass is 19.4. The van der Waals surface area contributed by atoms with E-state index in [1.54, 1.807) is 6.08 Å². The summed E-state index contributed by atoms with van der Waals surface area (Å²) in [5, 5.41) is 7.06. The fraction of sp³-hybridized carbons (Fsp3) is 0.500. The summed E-state index contributed by atoms with van der Waals surface area (Å²) in [6, 6.07) is 3.79. The van der Waals surface area contributed by atoms with Gasteiger partial charge in [-0.1, -0.05) is 37.1 Å². The number of rotatable bonds is 8. The number of aromatic nitrogens is 2. The number of unbranched alkanes of at least 4 members (excludes halogenated alkanes) is 2. The van der Waals surface area contributed by atoms with E-state index in [-0.39, 0.29) is 29.8 Å². The van der Waals surface area contributed by atoms with Gasteiger partial charge in [0.1, 0.15) is 12.4 Å². The minimum atomic E-state index is -4.54. The van der Waals surface area contributed by atoms with Gasteiger partial charge in [-0.2, -0.15) is 18.2 Å². The Bertz CT molecular complexity index is 796. The summed E-state index contributed by atoms with van der Waals surface area (Å²) >= 11 is 0. The van der Waals surface area contributed by atoms with Crippen molar-refractivity contribution in [3.05, 3.63) is 41.8 Å². The number of allylic oxidation sites excluding steroid dienone is 1. The molecule has 3 rings (SSSR count). The van der Waals surface area contributed by atoms with Crippen LogP contribution in [-0.4, -0.2) is 23.3 Å². The Kier molecular flexibility index (Phi) is 6.72. The first-order valence-corrected chi connectivity index (χ1v) is 9.55. The predicted molar refractivity (Wildman–Crippen MR) is 98.9 cm³/mol. The standard InChI is InChI=1S/C20H24F3N3O2/c1-2-3-4-5-6-12-27-17-10-9-14(13-15(17)20(21,22)23)18-25-19(28-26-18)16-8-7-11-24-16/h5-6,9-10,13,16,24H,2-4,7-8,11-12H2,1H3/b6-5+/t16-/m0/s1. The Hall–Kier alpha value is -2.35. The van der Waals surface area contributed by atoms with Gasteiger partial charge in [0, 0.05) is 5.56 Å². The molecule has 1 aliphatic heterocycles. The molecule has 0 amide bonds. The van der Waals surface area contributed by atoms with Gasteiger partial charge in [0.2, 0.25) is 11.7 Å². The van der Waals surface area contributed by atoms with Crippen LogP contribution in [0.2, 0.25) is 0 Å². The molecule has 1 aliphatic rings. The number of nitrogens with one attached hydrogen (secondary N) is 1. The van der Waals surface area contributed by atoms with E-state index in [1.807, 2.05) is 6.08 Å². The Balaban J connectivity index is 1.76. The van der Waals surface area contributed by atoms with Gasteiger partial charge in [-0.3, -0.25) is 0 Å². The Morgan fingerprint density at radius 1 is 1.32 bits per heavy atom. The molecule has 8 heteroatoms. The third-order valence-electron chi connectivity index (χ3n) is 4.57. The molecule has 2 heterocycles. The van der Waals surface area contributed by atoms with Crippen LogP contribution in [0.3, 0.4) is 0 Å². The molecule has 1 atom stereocenters. The summed E-state index contributed by atoms with van der Waals surface area (Å²) in [6.07, 6.45) is 3.99. The topological polar surface area (TPSA) is 60.2 Å². The van der Waals surface area contributed by atoms with Crippen LogP contribution in [-0.2, 0) is 6.18 Å². The first-order valence-electron chi connectivity index (χ1n) is 9.55. The first kappa shape index (κ1) is 20.4. The van der Waals surface area contributed by atoms with E-state index in [0.29, 0.717) is 5.89 Å². The van der Waals surface area contributed by atoms with Crippen molar-refractivity contribution in [2.75, 3.05) is 13.2 Å². The van der Waals surface area contributed by atoms with Crippen LogP contribution in [0.1, 0.15) is 56.5 Å². The zero-order valence-electron chi connectivity index (χ0n) is 15.8. The maximum Gasteiger partial charge on any atom is 0.419 e. The van der Waals surface area contributed by atoms with Crippen molar-refractivity contribution in [1.29, 1.82) is 0 Å². The molecule has 0 bridgehead atoms. The van der Waals surface area contributed by atoms with Gasteiger partial charge < -0.3 is 14.6 Å². The number of alkyl halides is 3. The van der Waals surface area contributed by atoms with Crippen LogP contribution in [0.5, 0.6) is 5.75 Å². The third kappa shape index (κ3) is 5.13. The summed E-state index contributed by atoms with van der Waals surface area (Å²) in [4.78, 5) is 4.26. The van der Waals surface area contributed by atoms with Crippen LogP contribution < -0.4 is 10.1 Å². The van der Waals surface area contributed by atoms with Gasteiger partial charge in [-0.05, 0) is 44.0 Å². The van der Waals surface area contributed by atoms with E-state index >= 15 is 0 Å². The third-order valence-corrected chi connectivity index (χ3v) is 4.57. The smallest absolute Gasteiger partial charge is 0.419 e. The highest BCUT2D eigenvalue weighted by Crippen LogP contribution is 2.38. The second-order valence-corrected chi connectivity index (χ2v) is 6.74. The van der Waals surface area contributed by atoms with E-state index < -0.39 is 11.7 Å². The first-order chi connectivity index (χ1) is 13.5. The molecule has 2 aromatic rings. The van der Waals surface area contributed by atoms with E-state index in [1.165, 1.54) is 12.1 Å². The lowest BCUT2D eigenvalue weighted by Crippen LogP contribution is -2.13. The minimum Gasteiger partial charge on any atom is -0.489 e. The number of benzene rings is 1. The van der Waals surface area contributed by atoms with Crippen LogP contribution in [0, 0.1) is 0 Å². The van der Waals surface area contributed by atoms with E-state index in [0.717, 1.165) is 44.7 Å². The van der Waals surface area contributed by atoms with Crippen molar-refractivity contribution in [3.63, 3.8) is 0 Å². The Morgan fingerprint density at radius 3 is 2.89 bits per heavy atom. The van der Waals surface area contributed by atoms with Crippen LogP contribution in [0.15, 0.2) is 34.9 Å². The van der Waals surface area contributed by atoms with Gasteiger partial charge in [0.15, 0.2) is 0 Å². The van der Waals surface area contributed by atoms with Gasteiger partial charge >= 0.3 is 6.18 Å². The quantitative estimate of drug-likeness (QED) is 0.485. The fourth-order valence-corrected chi connectivity index (χ4v) is 3.05. The Morgan fingerprint density at radius 2 is 2.18 bits per heavy atom. The highest BCUT2D eigenvalue weighted by molar-refractivity contribution is 5.59. The maximum absolute atomic E-state index is 13.5. The molecule has 152 valence electrons. The van der Waals surface area contributed by atoms with Gasteiger partial charge in [0.05, 0.1) is 11.6 Å². The number of hydrogen-bond acceptors (Lipinski definition) is 5. The highest BCUT2D eigenvalue weighted by Gasteiger charge is 2.35. The van der Waals surface area contributed by atoms with E-state index in [9.17, 15) is 13.2 Å². The average molecular weight is 395 g/mol.